The summed E-state index contributed by atoms with van der Waals surface area (Å²) in [7, 11) is 0. The van der Waals surface area contributed by atoms with Gasteiger partial charge in [0.1, 0.15) is 11.6 Å². The van der Waals surface area contributed by atoms with Crippen LogP contribution in [0.25, 0.3) is 0 Å². The third-order valence-corrected chi connectivity index (χ3v) is 2.92. The minimum Gasteiger partial charge on any atom is -0.368 e. The first-order valence-corrected chi connectivity index (χ1v) is 6.32. The molecule has 94 valence electrons. The van der Waals surface area contributed by atoms with E-state index in [0.717, 1.165) is 23.9 Å². The summed E-state index contributed by atoms with van der Waals surface area (Å²) in [6, 6.07) is 16.2. The van der Waals surface area contributed by atoms with Gasteiger partial charge in [-0.25, -0.2) is 4.98 Å². The smallest absolute Gasteiger partial charge is 0.138 e. The molecular weight excluding hydrogens is 234 g/mol. The highest BCUT2D eigenvalue weighted by Crippen LogP contribution is 2.27. The monoisotopic (exact) mass is 249 g/mol. The van der Waals surface area contributed by atoms with Crippen LogP contribution in [0.1, 0.15) is 0 Å². The molecule has 0 spiro atoms. The topological polar surface area (TPSA) is 28.2 Å². The summed E-state index contributed by atoms with van der Waals surface area (Å²) in [5, 5.41) is 3.38. The normalized spacial score (nSPS) is 13.6. The lowest BCUT2D eigenvalue weighted by atomic mass is 10.2. The molecule has 0 saturated carbocycles. The van der Waals surface area contributed by atoms with Crippen molar-refractivity contribution < 1.29 is 0 Å². The van der Waals surface area contributed by atoms with Crippen molar-refractivity contribution in [3.8, 4) is 0 Å². The molecule has 1 aliphatic heterocycles. The van der Waals surface area contributed by atoms with Gasteiger partial charge in [-0.2, -0.15) is 0 Å². The molecule has 1 aromatic carbocycles. The molecule has 1 aromatic heterocycles. The molecule has 0 bridgehead atoms. The van der Waals surface area contributed by atoms with E-state index >= 15 is 0 Å². The maximum atomic E-state index is 4.45. The molecule has 0 unspecified atom stereocenters. The Morgan fingerprint density at radius 1 is 1.00 bits per heavy atom. The van der Waals surface area contributed by atoms with Crippen LogP contribution in [0, 0.1) is 0 Å². The summed E-state index contributed by atoms with van der Waals surface area (Å²) < 4.78 is 0. The minimum absolute atomic E-state index is 0.835. The number of nitrogens with zero attached hydrogens (tertiary/aromatic N) is 2. The molecule has 1 aliphatic rings. The van der Waals surface area contributed by atoms with Crippen molar-refractivity contribution in [3.05, 3.63) is 78.8 Å². The van der Waals surface area contributed by atoms with Crippen molar-refractivity contribution in [2.45, 2.75) is 0 Å². The minimum atomic E-state index is 0.835. The number of aromatic nitrogens is 1. The Hall–Kier alpha value is -2.55. The molecular formula is C16H15N3. The fraction of sp³-hybridized carbons (Fsp3) is 0.0625. The van der Waals surface area contributed by atoms with Gasteiger partial charge in [0.2, 0.25) is 0 Å². The van der Waals surface area contributed by atoms with Crippen molar-refractivity contribution in [3.63, 3.8) is 0 Å². The van der Waals surface area contributed by atoms with E-state index in [1.54, 1.807) is 0 Å². The molecule has 0 saturated heterocycles. The first-order chi connectivity index (χ1) is 9.45. The van der Waals surface area contributed by atoms with Gasteiger partial charge in [0, 0.05) is 18.4 Å². The lowest BCUT2D eigenvalue weighted by molar-refractivity contribution is 0.845. The van der Waals surface area contributed by atoms with Crippen LogP contribution in [0.2, 0.25) is 0 Å². The van der Waals surface area contributed by atoms with Gasteiger partial charge < -0.3 is 5.32 Å². The second-order valence-corrected chi connectivity index (χ2v) is 4.22. The van der Waals surface area contributed by atoms with Crippen molar-refractivity contribution in [2.75, 3.05) is 11.4 Å². The Bertz CT molecular complexity index is 548. The van der Waals surface area contributed by atoms with Crippen LogP contribution in [0.5, 0.6) is 0 Å². The Balaban J connectivity index is 2.06. The molecule has 0 fully saturated rings. The molecule has 3 heteroatoms. The van der Waals surface area contributed by atoms with Crippen LogP contribution in [0.3, 0.4) is 0 Å². The van der Waals surface area contributed by atoms with Gasteiger partial charge in [0.05, 0.1) is 0 Å². The highest BCUT2D eigenvalue weighted by atomic mass is 15.3. The van der Waals surface area contributed by atoms with Gasteiger partial charge >= 0.3 is 0 Å². The Kier molecular flexibility index (Phi) is 3.28. The van der Waals surface area contributed by atoms with Crippen molar-refractivity contribution >= 4 is 11.5 Å². The Morgan fingerprint density at radius 3 is 2.53 bits per heavy atom. The van der Waals surface area contributed by atoms with Gasteiger partial charge in [-0.15, -0.1) is 0 Å². The van der Waals surface area contributed by atoms with Gasteiger partial charge in [-0.05, 0) is 30.3 Å². The molecule has 0 radical (unpaired) electrons. The number of allylic oxidation sites excluding steroid dienone is 2. The number of para-hydroxylation sites is 1. The molecule has 0 atom stereocenters. The second-order valence-electron chi connectivity index (χ2n) is 4.22. The molecule has 2 heterocycles. The van der Waals surface area contributed by atoms with Gasteiger partial charge in [0.25, 0.3) is 0 Å². The fourth-order valence-corrected chi connectivity index (χ4v) is 2.06. The molecule has 1 N–H and O–H groups in total. The quantitative estimate of drug-likeness (QED) is 0.905. The Labute approximate surface area is 112 Å². The van der Waals surface area contributed by atoms with E-state index in [9.17, 15) is 0 Å². The first kappa shape index (κ1) is 11.5. The van der Waals surface area contributed by atoms with Crippen molar-refractivity contribution in [1.82, 2.24) is 10.3 Å². The number of dihydropyridines is 1. The SMILES string of the molecule is C1=CCNC(N(c2ccccc2)c2ccccn2)=C1. The summed E-state index contributed by atoms with van der Waals surface area (Å²) in [6.07, 6.45) is 8.02. The number of hydrogen-bond acceptors (Lipinski definition) is 3. The van der Waals surface area contributed by atoms with E-state index in [0.29, 0.717) is 0 Å². The molecule has 2 aromatic rings. The van der Waals surface area contributed by atoms with Crippen LogP contribution in [-0.4, -0.2) is 11.5 Å². The number of pyridine rings is 1. The summed E-state index contributed by atoms with van der Waals surface area (Å²) in [6.45, 7) is 0.835. The summed E-state index contributed by atoms with van der Waals surface area (Å²) >= 11 is 0. The predicted octanol–water partition coefficient (Wildman–Crippen LogP) is 3.22. The standard InChI is InChI=1S/C16H15N3/c1-2-8-14(9-3-1)19(15-10-4-6-12-17-15)16-11-5-7-13-18-16/h1-12,18H,13H2. The van der Waals surface area contributed by atoms with Gasteiger partial charge in [0.15, 0.2) is 0 Å². The van der Waals surface area contributed by atoms with E-state index in [1.165, 1.54) is 0 Å². The zero-order chi connectivity index (χ0) is 12.9. The average Bonchev–Trinajstić information content (AvgIpc) is 2.51. The third kappa shape index (κ3) is 2.50. The van der Waals surface area contributed by atoms with Gasteiger partial charge in [-0.3, -0.25) is 4.90 Å². The number of rotatable bonds is 3. The summed E-state index contributed by atoms with van der Waals surface area (Å²) in [5.41, 5.74) is 1.09. The van der Waals surface area contributed by atoms with E-state index in [1.807, 2.05) is 42.6 Å². The maximum absolute atomic E-state index is 4.45. The molecule has 3 nitrogen and oxygen atoms in total. The lowest BCUT2D eigenvalue weighted by Gasteiger charge is -2.28. The van der Waals surface area contributed by atoms with E-state index < -0.39 is 0 Å². The zero-order valence-corrected chi connectivity index (χ0v) is 10.5. The van der Waals surface area contributed by atoms with Crippen molar-refractivity contribution in [1.29, 1.82) is 0 Å². The van der Waals surface area contributed by atoms with Crippen LogP contribution >= 0.6 is 0 Å². The zero-order valence-electron chi connectivity index (χ0n) is 10.5. The number of nitrogens with one attached hydrogen (secondary N) is 1. The molecule has 0 aliphatic carbocycles. The van der Waals surface area contributed by atoms with E-state index in [2.05, 4.69) is 45.6 Å². The summed E-state index contributed by atoms with van der Waals surface area (Å²) in [4.78, 5) is 6.57. The van der Waals surface area contributed by atoms with Crippen LogP contribution in [-0.2, 0) is 0 Å². The largest absolute Gasteiger partial charge is 0.368 e. The predicted molar refractivity (Wildman–Crippen MR) is 78.0 cm³/mol. The summed E-state index contributed by atoms with van der Waals surface area (Å²) in [5.74, 6) is 1.94. The molecule has 0 amide bonds. The van der Waals surface area contributed by atoms with Crippen LogP contribution < -0.4 is 10.2 Å². The maximum Gasteiger partial charge on any atom is 0.138 e. The number of benzene rings is 1. The van der Waals surface area contributed by atoms with Crippen LogP contribution in [0.4, 0.5) is 11.5 Å². The van der Waals surface area contributed by atoms with E-state index in [4.69, 9.17) is 0 Å². The highest BCUT2D eigenvalue weighted by Gasteiger charge is 2.15. The number of hydrogen-bond donors (Lipinski definition) is 1. The lowest BCUT2D eigenvalue weighted by Crippen LogP contribution is -2.30. The van der Waals surface area contributed by atoms with Crippen LogP contribution in [0.15, 0.2) is 78.8 Å². The molecule has 3 rings (SSSR count). The Morgan fingerprint density at radius 2 is 1.84 bits per heavy atom. The fourth-order valence-electron chi connectivity index (χ4n) is 2.06. The van der Waals surface area contributed by atoms with E-state index in [-0.39, 0.29) is 0 Å². The van der Waals surface area contributed by atoms with Gasteiger partial charge in [-0.1, -0.05) is 36.4 Å². The average molecular weight is 249 g/mol. The third-order valence-electron chi connectivity index (χ3n) is 2.92. The van der Waals surface area contributed by atoms with Crippen molar-refractivity contribution in [2.24, 2.45) is 0 Å². The number of anilines is 2. The first-order valence-electron chi connectivity index (χ1n) is 6.32. The second kappa shape index (κ2) is 5.40. The highest BCUT2D eigenvalue weighted by molar-refractivity contribution is 5.65. The molecule has 19 heavy (non-hydrogen) atoms.